The molecule has 3 saturated heterocycles. The molecule has 8 nitrogen and oxygen atoms in total. The van der Waals surface area contributed by atoms with Crippen LogP contribution in [0.3, 0.4) is 0 Å². The summed E-state index contributed by atoms with van der Waals surface area (Å²) < 4.78 is 15.9. The van der Waals surface area contributed by atoms with Crippen LogP contribution in [0.15, 0.2) is 36.5 Å². The molecule has 1 aromatic heterocycles. The van der Waals surface area contributed by atoms with Gasteiger partial charge in [-0.15, -0.1) is 0 Å². The van der Waals surface area contributed by atoms with Crippen LogP contribution < -0.4 is 4.90 Å². The maximum Gasteiger partial charge on any atom is 0.410 e. The van der Waals surface area contributed by atoms with Gasteiger partial charge in [0, 0.05) is 63.1 Å². The molecule has 2 aromatic rings. The van der Waals surface area contributed by atoms with Gasteiger partial charge in [-0.25, -0.2) is 4.79 Å². The van der Waals surface area contributed by atoms with E-state index in [1.54, 1.807) is 4.90 Å². The molecule has 1 aromatic carbocycles. The highest BCUT2D eigenvalue weighted by molar-refractivity contribution is 5.92. The van der Waals surface area contributed by atoms with Gasteiger partial charge >= 0.3 is 6.09 Å². The second kappa shape index (κ2) is 8.69. The van der Waals surface area contributed by atoms with E-state index in [4.69, 9.17) is 14.2 Å². The van der Waals surface area contributed by atoms with Gasteiger partial charge in [-0.3, -0.25) is 4.98 Å². The van der Waals surface area contributed by atoms with Crippen molar-refractivity contribution >= 4 is 23.4 Å². The van der Waals surface area contributed by atoms with Gasteiger partial charge in [-0.2, -0.15) is 0 Å². The highest BCUT2D eigenvalue weighted by atomic mass is 16.6. The SMILES string of the molecule is O=C(OC1COC1)N1CCN(c2ccnc3c2C=C(c2ccc([C@]4(O)CCOC4)cc2)C3)CC1. The van der Waals surface area contributed by atoms with Crippen LogP contribution in [0, 0.1) is 0 Å². The molecule has 1 aliphatic carbocycles. The maximum absolute atomic E-state index is 12.3. The van der Waals surface area contributed by atoms with Crippen LogP contribution in [0.5, 0.6) is 0 Å². The minimum atomic E-state index is -0.875. The molecule has 3 aliphatic heterocycles. The Morgan fingerprint density at radius 1 is 1.09 bits per heavy atom. The van der Waals surface area contributed by atoms with Crippen LogP contribution in [0.1, 0.15) is 28.8 Å². The number of carbonyl (C=O) groups is 1. The first-order chi connectivity index (χ1) is 16.6. The molecule has 0 bridgehead atoms. The highest BCUT2D eigenvalue weighted by Crippen LogP contribution is 2.37. The zero-order valence-corrected chi connectivity index (χ0v) is 19.1. The van der Waals surface area contributed by atoms with E-state index in [9.17, 15) is 9.90 Å². The first-order valence-corrected chi connectivity index (χ1v) is 12.0. The number of allylic oxidation sites excluding steroid dienone is 1. The summed E-state index contributed by atoms with van der Waals surface area (Å²) in [5.41, 5.74) is 5.79. The lowest BCUT2D eigenvalue weighted by Crippen LogP contribution is -2.51. The summed E-state index contributed by atoms with van der Waals surface area (Å²) in [4.78, 5) is 21.1. The van der Waals surface area contributed by atoms with E-state index in [0.717, 1.165) is 47.6 Å². The molecule has 4 aliphatic rings. The third-order valence-electron chi connectivity index (χ3n) is 7.27. The molecule has 1 N–H and O–H groups in total. The fourth-order valence-corrected chi connectivity index (χ4v) is 5.08. The molecule has 0 unspecified atom stereocenters. The molecule has 3 fully saturated rings. The summed E-state index contributed by atoms with van der Waals surface area (Å²) >= 11 is 0. The van der Waals surface area contributed by atoms with Crippen LogP contribution in [0.25, 0.3) is 11.6 Å². The van der Waals surface area contributed by atoms with E-state index in [-0.39, 0.29) is 12.2 Å². The third kappa shape index (κ3) is 3.96. The van der Waals surface area contributed by atoms with Crippen molar-refractivity contribution < 1.29 is 24.1 Å². The van der Waals surface area contributed by atoms with Crippen LogP contribution in [0.2, 0.25) is 0 Å². The minimum absolute atomic E-state index is 0.0963. The normalized spacial score (nSPS) is 24.6. The lowest BCUT2D eigenvalue weighted by molar-refractivity contribution is -0.104. The second-order valence-corrected chi connectivity index (χ2v) is 9.47. The first-order valence-electron chi connectivity index (χ1n) is 12.0. The Balaban J connectivity index is 1.15. The van der Waals surface area contributed by atoms with Gasteiger partial charge in [0.25, 0.3) is 0 Å². The Labute approximate surface area is 198 Å². The van der Waals surface area contributed by atoms with E-state index >= 15 is 0 Å². The molecule has 1 amide bonds. The van der Waals surface area contributed by atoms with Crippen molar-refractivity contribution in [3.8, 4) is 0 Å². The zero-order chi connectivity index (χ0) is 23.1. The maximum atomic E-state index is 12.3. The van der Waals surface area contributed by atoms with Gasteiger partial charge in [0.05, 0.1) is 25.5 Å². The number of anilines is 1. The van der Waals surface area contributed by atoms with Crippen molar-refractivity contribution in [2.24, 2.45) is 0 Å². The van der Waals surface area contributed by atoms with Crippen LogP contribution in [0.4, 0.5) is 10.5 Å². The quantitative estimate of drug-likeness (QED) is 0.746. The van der Waals surface area contributed by atoms with E-state index < -0.39 is 5.60 Å². The summed E-state index contributed by atoms with van der Waals surface area (Å²) in [7, 11) is 0. The van der Waals surface area contributed by atoms with Gasteiger partial charge in [0.2, 0.25) is 0 Å². The average molecular weight is 464 g/mol. The number of aliphatic hydroxyl groups is 1. The third-order valence-corrected chi connectivity index (χ3v) is 7.27. The van der Waals surface area contributed by atoms with Crippen molar-refractivity contribution in [3.05, 3.63) is 58.9 Å². The Kier molecular flexibility index (Phi) is 5.51. The monoisotopic (exact) mass is 463 g/mol. The van der Waals surface area contributed by atoms with Crippen molar-refractivity contribution in [1.29, 1.82) is 0 Å². The molecular formula is C26H29N3O5. The fourth-order valence-electron chi connectivity index (χ4n) is 5.08. The second-order valence-electron chi connectivity index (χ2n) is 9.47. The fraction of sp³-hybridized carbons (Fsp3) is 0.462. The smallest absolute Gasteiger partial charge is 0.410 e. The number of aromatic nitrogens is 1. The number of piperazine rings is 1. The average Bonchev–Trinajstić information content (AvgIpc) is 3.48. The minimum Gasteiger partial charge on any atom is -0.441 e. The molecule has 8 heteroatoms. The van der Waals surface area contributed by atoms with Crippen LogP contribution >= 0.6 is 0 Å². The van der Waals surface area contributed by atoms with E-state index in [1.807, 2.05) is 18.3 Å². The summed E-state index contributed by atoms with van der Waals surface area (Å²) in [6.45, 7) is 4.73. The van der Waals surface area contributed by atoms with Crippen LogP contribution in [-0.2, 0) is 26.2 Å². The van der Waals surface area contributed by atoms with E-state index in [0.29, 0.717) is 45.9 Å². The lowest BCUT2D eigenvalue weighted by Gasteiger charge is -2.37. The zero-order valence-electron chi connectivity index (χ0n) is 19.1. The van der Waals surface area contributed by atoms with Crippen molar-refractivity contribution in [2.45, 2.75) is 24.5 Å². The molecule has 6 rings (SSSR count). The van der Waals surface area contributed by atoms with Gasteiger partial charge in [-0.1, -0.05) is 24.3 Å². The summed E-state index contributed by atoms with van der Waals surface area (Å²) in [6, 6.07) is 10.3. The van der Waals surface area contributed by atoms with Crippen LogP contribution in [-0.4, -0.2) is 79.8 Å². The predicted molar refractivity (Wildman–Crippen MR) is 126 cm³/mol. The number of carbonyl (C=O) groups excluding carboxylic acids is 1. The van der Waals surface area contributed by atoms with E-state index in [1.165, 1.54) is 5.57 Å². The number of nitrogens with zero attached hydrogens (tertiary/aromatic N) is 3. The number of hydrogen-bond acceptors (Lipinski definition) is 7. The number of ether oxygens (including phenoxy) is 3. The molecule has 178 valence electrons. The Morgan fingerprint density at radius 2 is 1.88 bits per heavy atom. The van der Waals surface area contributed by atoms with Gasteiger partial charge in [-0.05, 0) is 28.8 Å². The van der Waals surface area contributed by atoms with Crippen molar-refractivity contribution in [2.75, 3.05) is 57.5 Å². The highest BCUT2D eigenvalue weighted by Gasteiger charge is 2.34. The number of rotatable bonds is 4. The van der Waals surface area contributed by atoms with Gasteiger partial charge < -0.3 is 29.1 Å². The molecule has 4 heterocycles. The molecule has 0 radical (unpaired) electrons. The first kappa shape index (κ1) is 21.6. The number of amides is 1. The van der Waals surface area contributed by atoms with Crippen molar-refractivity contribution in [3.63, 3.8) is 0 Å². The standard InChI is InChI=1S/C26H29N3O5/c30-25(34-21-15-33-16-21)29-10-8-28(9-11-29)24-5-7-27-23-14-19(13-22(23)24)18-1-3-20(4-2-18)26(31)6-12-32-17-26/h1-5,7,13,21,31H,6,8-12,14-17H2/t26-/m0/s1. The topological polar surface area (TPSA) is 84.4 Å². The number of pyridine rings is 1. The summed E-state index contributed by atoms with van der Waals surface area (Å²) in [5, 5.41) is 10.8. The summed E-state index contributed by atoms with van der Waals surface area (Å²) in [6.07, 6.45) is 5.19. The van der Waals surface area contributed by atoms with E-state index in [2.05, 4.69) is 34.2 Å². The number of fused-ring (bicyclic) bond motifs is 1. The molecule has 34 heavy (non-hydrogen) atoms. The molecule has 0 saturated carbocycles. The van der Waals surface area contributed by atoms with Gasteiger partial charge in [0.1, 0.15) is 5.60 Å². The largest absolute Gasteiger partial charge is 0.441 e. The van der Waals surface area contributed by atoms with Gasteiger partial charge in [0.15, 0.2) is 6.10 Å². The molecule has 0 spiro atoms. The predicted octanol–water partition coefficient (Wildman–Crippen LogP) is 2.44. The Bertz CT molecular complexity index is 1100. The van der Waals surface area contributed by atoms with Crippen molar-refractivity contribution in [1.82, 2.24) is 9.88 Å². The molecule has 1 atom stereocenters. The lowest BCUT2D eigenvalue weighted by atomic mass is 9.91. The molecular weight excluding hydrogens is 434 g/mol. The Morgan fingerprint density at radius 3 is 2.56 bits per heavy atom. The number of hydrogen-bond donors (Lipinski definition) is 1. The summed E-state index contributed by atoms with van der Waals surface area (Å²) in [5.74, 6) is 0. The Hall–Kier alpha value is -2.94. The number of benzene rings is 1.